The predicted octanol–water partition coefficient (Wildman–Crippen LogP) is 3.22. The van der Waals surface area contributed by atoms with Gasteiger partial charge in [0.15, 0.2) is 0 Å². The quantitative estimate of drug-likeness (QED) is 0.817. The molecule has 2 aromatic rings. The van der Waals surface area contributed by atoms with Gasteiger partial charge in [0.25, 0.3) is 0 Å². The molecule has 84 valence electrons. The lowest BCUT2D eigenvalue weighted by Gasteiger charge is -2.17. The maximum Gasteiger partial charge on any atom is 0.0485 e. The second-order valence-corrected chi connectivity index (χ2v) is 4.71. The molecular weight excluding hydrogens is 196 g/mol. The van der Waals surface area contributed by atoms with Crippen molar-refractivity contribution in [2.45, 2.75) is 38.3 Å². The summed E-state index contributed by atoms with van der Waals surface area (Å²) in [5, 5.41) is 1.33. The van der Waals surface area contributed by atoms with E-state index >= 15 is 0 Å². The monoisotopic (exact) mass is 214 g/mol. The van der Waals surface area contributed by atoms with E-state index in [1.54, 1.807) is 0 Å². The molecule has 1 fully saturated rings. The SMILES string of the molecule is NCc1cc2ccccc2n1C1CCCC1. The van der Waals surface area contributed by atoms with Crippen LogP contribution in [0.15, 0.2) is 30.3 Å². The van der Waals surface area contributed by atoms with E-state index in [9.17, 15) is 0 Å². The van der Waals surface area contributed by atoms with Gasteiger partial charge in [0.05, 0.1) is 0 Å². The van der Waals surface area contributed by atoms with Crippen LogP contribution in [0.5, 0.6) is 0 Å². The number of fused-ring (bicyclic) bond motifs is 1. The fourth-order valence-electron chi connectivity index (χ4n) is 2.98. The smallest absolute Gasteiger partial charge is 0.0485 e. The van der Waals surface area contributed by atoms with Crippen LogP contribution in [-0.4, -0.2) is 4.57 Å². The van der Waals surface area contributed by atoms with E-state index in [0.29, 0.717) is 12.6 Å². The number of hydrogen-bond donors (Lipinski definition) is 1. The zero-order chi connectivity index (χ0) is 11.0. The molecule has 1 aromatic carbocycles. The van der Waals surface area contributed by atoms with Crippen LogP contribution < -0.4 is 5.73 Å². The average Bonchev–Trinajstić information content (AvgIpc) is 2.94. The summed E-state index contributed by atoms with van der Waals surface area (Å²) in [6.07, 6.45) is 5.35. The van der Waals surface area contributed by atoms with Gasteiger partial charge >= 0.3 is 0 Å². The van der Waals surface area contributed by atoms with Crippen molar-refractivity contribution in [3.63, 3.8) is 0 Å². The van der Waals surface area contributed by atoms with Gasteiger partial charge in [-0.15, -0.1) is 0 Å². The van der Waals surface area contributed by atoms with Crippen molar-refractivity contribution in [3.8, 4) is 0 Å². The Balaban J connectivity index is 2.18. The van der Waals surface area contributed by atoms with E-state index < -0.39 is 0 Å². The highest BCUT2D eigenvalue weighted by Crippen LogP contribution is 2.34. The Labute approximate surface area is 96.1 Å². The Hall–Kier alpha value is -1.28. The van der Waals surface area contributed by atoms with Gasteiger partial charge in [-0.1, -0.05) is 31.0 Å². The topological polar surface area (TPSA) is 30.9 Å². The van der Waals surface area contributed by atoms with Gasteiger partial charge in [0, 0.05) is 23.8 Å². The molecule has 3 rings (SSSR count). The summed E-state index contributed by atoms with van der Waals surface area (Å²) in [6.45, 7) is 0.644. The number of hydrogen-bond acceptors (Lipinski definition) is 1. The molecule has 1 saturated carbocycles. The summed E-state index contributed by atoms with van der Waals surface area (Å²) >= 11 is 0. The van der Waals surface area contributed by atoms with Gasteiger partial charge in [-0.05, 0) is 30.4 Å². The van der Waals surface area contributed by atoms with Gasteiger partial charge in [-0.3, -0.25) is 0 Å². The van der Waals surface area contributed by atoms with Crippen LogP contribution >= 0.6 is 0 Å². The minimum absolute atomic E-state index is 0.644. The van der Waals surface area contributed by atoms with E-state index in [2.05, 4.69) is 34.9 Å². The minimum Gasteiger partial charge on any atom is -0.340 e. The molecule has 1 aliphatic rings. The van der Waals surface area contributed by atoms with Gasteiger partial charge in [0.1, 0.15) is 0 Å². The summed E-state index contributed by atoms with van der Waals surface area (Å²) in [4.78, 5) is 0. The minimum atomic E-state index is 0.644. The van der Waals surface area contributed by atoms with Gasteiger partial charge in [-0.2, -0.15) is 0 Å². The molecule has 2 heteroatoms. The van der Waals surface area contributed by atoms with Crippen molar-refractivity contribution in [1.82, 2.24) is 4.57 Å². The molecule has 0 saturated heterocycles. The molecule has 0 unspecified atom stereocenters. The zero-order valence-electron chi connectivity index (χ0n) is 9.52. The highest BCUT2D eigenvalue weighted by atomic mass is 15.0. The zero-order valence-corrected chi connectivity index (χ0v) is 9.52. The fourth-order valence-corrected chi connectivity index (χ4v) is 2.98. The molecule has 2 N–H and O–H groups in total. The third-order valence-electron chi connectivity index (χ3n) is 3.73. The standard InChI is InChI=1S/C14H18N2/c15-10-13-9-11-5-1-4-8-14(11)16(13)12-6-2-3-7-12/h1,4-5,8-9,12H,2-3,6-7,10,15H2. The second-order valence-electron chi connectivity index (χ2n) is 4.71. The number of rotatable bonds is 2. The van der Waals surface area contributed by atoms with E-state index in [0.717, 1.165) is 0 Å². The van der Waals surface area contributed by atoms with Crippen molar-refractivity contribution < 1.29 is 0 Å². The van der Waals surface area contributed by atoms with E-state index in [4.69, 9.17) is 5.73 Å². The van der Waals surface area contributed by atoms with Crippen molar-refractivity contribution in [2.75, 3.05) is 0 Å². The van der Waals surface area contributed by atoms with Crippen LogP contribution in [-0.2, 0) is 6.54 Å². The van der Waals surface area contributed by atoms with Crippen LogP contribution in [0.1, 0.15) is 37.4 Å². The van der Waals surface area contributed by atoms with Crippen molar-refractivity contribution in [1.29, 1.82) is 0 Å². The largest absolute Gasteiger partial charge is 0.340 e. The van der Waals surface area contributed by atoms with Crippen molar-refractivity contribution in [2.24, 2.45) is 5.73 Å². The first-order valence-corrected chi connectivity index (χ1v) is 6.19. The van der Waals surface area contributed by atoms with Crippen LogP contribution in [0.3, 0.4) is 0 Å². The highest BCUT2D eigenvalue weighted by molar-refractivity contribution is 5.81. The molecular formula is C14H18N2. The summed E-state index contributed by atoms with van der Waals surface area (Å²) in [5.74, 6) is 0. The molecule has 16 heavy (non-hydrogen) atoms. The Morgan fingerprint density at radius 1 is 1.19 bits per heavy atom. The highest BCUT2D eigenvalue weighted by Gasteiger charge is 2.20. The third kappa shape index (κ3) is 1.45. The van der Waals surface area contributed by atoms with Crippen LogP contribution in [0.2, 0.25) is 0 Å². The van der Waals surface area contributed by atoms with Crippen LogP contribution in [0.4, 0.5) is 0 Å². The number of nitrogens with two attached hydrogens (primary N) is 1. The first-order valence-electron chi connectivity index (χ1n) is 6.19. The fraction of sp³-hybridized carbons (Fsp3) is 0.429. The van der Waals surface area contributed by atoms with E-state index in [1.165, 1.54) is 42.3 Å². The number of aromatic nitrogens is 1. The average molecular weight is 214 g/mol. The first kappa shape index (κ1) is 9.91. The molecule has 0 aliphatic heterocycles. The van der Waals surface area contributed by atoms with E-state index in [-0.39, 0.29) is 0 Å². The van der Waals surface area contributed by atoms with Crippen molar-refractivity contribution in [3.05, 3.63) is 36.0 Å². The Kier molecular flexibility index (Phi) is 2.44. The number of benzene rings is 1. The van der Waals surface area contributed by atoms with Crippen LogP contribution in [0, 0.1) is 0 Å². The lowest BCUT2D eigenvalue weighted by atomic mass is 10.2. The molecule has 0 amide bonds. The van der Waals surface area contributed by atoms with Crippen molar-refractivity contribution >= 4 is 10.9 Å². The summed E-state index contributed by atoms with van der Waals surface area (Å²) in [6, 6.07) is 11.5. The summed E-state index contributed by atoms with van der Waals surface area (Å²) < 4.78 is 2.47. The Morgan fingerprint density at radius 3 is 2.69 bits per heavy atom. The lowest BCUT2D eigenvalue weighted by Crippen LogP contribution is -2.11. The number of para-hydroxylation sites is 1. The predicted molar refractivity (Wildman–Crippen MR) is 67.3 cm³/mol. The second kappa shape index (κ2) is 3.95. The molecule has 0 atom stereocenters. The summed E-state index contributed by atoms with van der Waals surface area (Å²) in [5.41, 5.74) is 8.50. The Bertz CT molecular complexity index is 492. The van der Waals surface area contributed by atoms with Gasteiger partial charge in [0.2, 0.25) is 0 Å². The third-order valence-corrected chi connectivity index (χ3v) is 3.73. The first-order chi connectivity index (χ1) is 7.90. The lowest BCUT2D eigenvalue weighted by molar-refractivity contribution is 0.517. The normalized spacial score (nSPS) is 17.3. The van der Waals surface area contributed by atoms with Gasteiger partial charge < -0.3 is 10.3 Å². The summed E-state index contributed by atoms with van der Waals surface area (Å²) in [7, 11) is 0. The maximum absolute atomic E-state index is 5.86. The molecule has 2 nitrogen and oxygen atoms in total. The molecule has 0 bridgehead atoms. The molecule has 1 aromatic heterocycles. The van der Waals surface area contributed by atoms with Crippen LogP contribution in [0.25, 0.3) is 10.9 Å². The van der Waals surface area contributed by atoms with E-state index in [1.807, 2.05) is 0 Å². The molecule has 0 radical (unpaired) electrons. The Morgan fingerprint density at radius 2 is 1.94 bits per heavy atom. The number of nitrogens with zero attached hydrogens (tertiary/aromatic N) is 1. The van der Waals surface area contributed by atoms with Gasteiger partial charge in [-0.25, -0.2) is 0 Å². The maximum atomic E-state index is 5.86. The molecule has 1 heterocycles. The molecule has 1 aliphatic carbocycles. The molecule has 0 spiro atoms.